The highest BCUT2D eigenvalue weighted by atomic mass is 28.4. The van der Waals surface area contributed by atoms with Crippen LogP contribution < -0.4 is 0 Å². The Labute approximate surface area is 245 Å². The fourth-order valence-corrected chi connectivity index (χ4v) is 23.9. The third kappa shape index (κ3) is 24.1. The lowest BCUT2D eigenvalue weighted by molar-refractivity contribution is 0.515. The van der Waals surface area contributed by atoms with Crippen LogP contribution in [0.2, 0.25) is 76.6 Å². The summed E-state index contributed by atoms with van der Waals surface area (Å²) in [7, 11) is -6.07. The van der Waals surface area contributed by atoms with E-state index in [0.717, 1.165) is 0 Å². The molecule has 0 saturated carbocycles. The van der Waals surface area contributed by atoms with E-state index in [0.29, 0.717) is 0 Å². The fraction of sp³-hybridized carbons (Fsp3) is 0.875. The van der Waals surface area contributed by atoms with E-state index in [2.05, 4.69) is 65.5 Å². The molecule has 0 aromatic rings. The number of unbranched alkanes of at least 4 members (excludes halogenated alkanes) is 13. The zero-order chi connectivity index (χ0) is 29.0. The van der Waals surface area contributed by atoms with E-state index in [1.54, 1.807) is 0 Å². The van der Waals surface area contributed by atoms with Crippen LogP contribution in [0, 0.1) is 0 Å². The van der Waals surface area contributed by atoms with Gasteiger partial charge in [-0.1, -0.05) is 89.2 Å². The fourth-order valence-electron chi connectivity index (χ4n) is 5.89. The second-order valence-electron chi connectivity index (χ2n) is 14.3. The highest BCUT2D eigenvalue weighted by molar-refractivity contribution is 6.85. The van der Waals surface area contributed by atoms with E-state index in [1.165, 1.54) is 127 Å². The number of hydrogen-bond acceptors (Lipinski definition) is 2. The molecule has 0 N–H and O–H groups in total. The van der Waals surface area contributed by atoms with Gasteiger partial charge in [0.2, 0.25) is 0 Å². The first-order valence-corrected chi connectivity index (χ1v) is 28.8. The standard InChI is InChI=1S/C32H70O2Si4/c1-11-13-15-17-21-25-29-35(3,4)33-37(7,8)31-27-23-19-20-24-28-32-38(9,10)34-36(5,6)30-26-22-18-16-14-12-2/h11-12H,1-2,13-32H2,3-10H3. The minimum atomic E-state index is -1.52. The monoisotopic (exact) mass is 598 g/mol. The largest absolute Gasteiger partial charge is 0.455 e. The summed E-state index contributed by atoms with van der Waals surface area (Å²) in [6, 6.07) is 5.34. The predicted molar refractivity (Wildman–Crippen MR) is 186 cm³/mol. The molecule has 38 heavy (non-hydrogen) atoms. The van der Waals surface area contributed by atoms with Crippen LogP contribution in [0.25, 0.3) is 0 Å². The smallest absolute Gasteiger partial charge is 0.173 e. The molecule has 0 heterocycles. The second-order valence-corrected chi connectivity index (χ2v) is 32.1. The van der Waals surface area contributed by atoms with Crippen molar-refractivity contribution in [3.05, 3.63) is 25.3 Å². The second kappa shape index (κ2) is 21.0. The maximum absolute atomic E-state index is 6.87. The van der Waals surface area contributed by atoms with E-state index < -0.39 is 33.3 Å². The Bertz CT molecular complexity index is 550. The zero-order valence-electron chi connectivity index (χ0n) is 27.5. The summed E-state index contributed by atoms with van der Waals surface area (Å²) in [5, 5.41) is 0. The number of allylic oxidation sites excluding steroid dienone is 2. The molecule has 0 aliphatic heterocycles. The average Bonchev–Trinajstić information content (AvgIpc) is 2.78. The van der Waals surface area contributed by atoms with Gasteiger partial charge in [0.1, 0.15) is 0 Å². The minimum Gasteiger partial charge on any atom is -0.455 e. The molecular weight excluding hydrogens is 529 g/mol. The molecule has 0 spiro atoms. The van der Waals surface area contributed by atoms with E-state index in [1.807, 2.05) is 12.2 Å². The van der Waals surface area contributed by atoms with Gasteiger partial charge in [0.15, 0.2) is 33.3 Å². The molecule has 0 bridgehead atoms. The molecule has 0 saturated heterocycles. The van der Waals surface area contributed by atoms with Gasteiger partial charge < -0.3 is 8.23 Å². The van der Waals surface area contributed by atoms with E-state index >= 15 is 0 Å². The van der Waals surface area contributed by atoms with Gasteiger partial charge in [0.05, 0.1) is 0 Å². The molecule has 0 amide bonds. The van der Waals surface area contributed by atoms with Crippen molar-refractivity contribution in [1.82, 2.24) is 0 Å². The van der Waals surface area contributed by atoms with Crippen molar-refractivity contribution in [1.29, 1.82) is 0 Å². The summed E-state index contributed by atoms with van der Waals surface area (Å²) in [5.41, 5.74) is 0. The quantitative estimate of drug-likeness (QED) is 0.0532. The van der Waals surface area contributed by atoms with Crippen molar-refractivity contribution in [2.24, 2.45) is 0 Å². The summed E-state index contributed by atoms with van der Waals surface area (Å²) in [6.45, 7) is 27.3. The first-order valence-electron chi connectivity index (χ1n) is 16.4. The topological polar surface area (TPSA) is 18.5 Å². The lowest BCUT2D eigenvalue weighted by atomic mass is 10.1. The Morgan fingerprint density at radius 3 is 0.816 bits per heavy atom. The van der Waals surface area contributed by atoms with Crippen LogP contribution in [0.15, 0.2) is 25.3 Å². The lowest BCUT2D eigenvalue weighted by Crippen LogP contribution is -2.44. The van der Waals surface area contributed by atoms with E-state index in [-0.39, 0.29) is 0 Å². The lowest BCUT2D eigenvalue weighted by Gasteiger charge is -2.34. The Balaban J connectivity index is 3.97. The molecule has 0 atom stereocenters. The molecule has 226 valence electrons. The maximum Gasteiger partial charge on any atom is 0.173 e. The van der Waals surface area contributed by atoms with Crippen molar-refractivity contribution in [3.63, 3.8) is 0 Å². The van der Waals surface area contributed by atoms with Crippen LogP contribution in [0.5, 0.6) is 0 Å². The Morgan fingerprint density at radius 2 is 0.579 bits per heavy atom. The number of rotatable bonds is 27. The highest BCUT2D eigenvalue weighted by Gasteiger charge is 2.33. The van der Waals surface area contributed by atoms with Crippen molar-refractivity contribution >= 4 is 33.3 Å². The molecule has 0 aromatic heterocycles. The van der Waals surface area contributed by atoms with Crippen molar-refractivity contribution in [2.75, 3.05) is 0 Å². The third-order valence-corrected chi connectivity index (χ3v) is 22.9. The molecular formula is C32H70O2Si4. The molecule has 0 radical (unpaired) electrons. The van der Waals surface area contributed by atoms with Gasteiger partial charge >= 0.3 is 0 Å². The van der Waals surface area contributed by atoms with Crippen LogP contribution in [0.3, 0.4) is 0 Å². The van der Waals surface area contributed by atoms with Gasteiger partial charge in [-0.15, -0.1) is 13.2 Å². The van der Waals surface area contributed by atoms with Crippen molar-refractivity contribution in [3.8, 4) is 0 Å². The van der Waals surface area contributed by atoms with Crippen LogP contribution in [-0.2, 0) is 8.23 Å². The Hall–Kier alpha value is 0.268. The van der Waals surface area contributed by atoms with Gasteiger partial charge in [-0.3, -0.25) is 0 Å². The van der Waals surface area contributed by atoms with Crippen LogP contribution in [0.4, 0.5) is 0 Å². The summed E-state index contributed by atoms with van der Waals surface area (Å²) in [4.78, 5) is 0. The molecule has 0 aliphatic carbocycles. The van der Waals surface area contributed by atoms with Gasteiger partial charge in [0.25, 0.3) is 0 Å². The molecule has 2 nitrogen and oxygen atoms in total. The molecule has 6 heteroatoms. The Morgan fingerprint density at radius 1 is 0.368 bits per heavy atom. The van der Waals surface area contributed by atoms with Crippen molar-refractivity contribution < 1.29 is 8.23 Å². The van der Waals surface area contributed by atoms with Gasteiger partial charge in [-0.2, -0.15) is 0 Å². The first kappa shape index (κ1) is 38.3. The van der Waals surface area contributed by atoms with E-state index in [9.17, 15) is 0 Å². The molecule has 0 aliphatic rings. The van der Waals surface area contributed by atoms with Crippen molar-refractivity contribution in [2.45, 2.75) is 179 Å². The van der Waals surface area contributed by atoms with Crippen LogP contribution in [-0.4, -0.2) is 33.3 Å². The maximum atomic E-state index is 6.87. The van der Waals surface area contributed by atoms with Crippen LogP contribution >= 0.6 is 0 Å². The number of hydrogen-bond donors (Lipinski definition) is 0. The molecule has 0 unspecified atom stereocenters. The predicted octanol–water partition coefficient (Wildman–Crippen LogP) is 12.5. The third-order valence-electron chi connectivity index (χ3n) is 7.79. The van der Waals surface area contributed by atoms with Gasteiger partial charge in [0, 0.05) is 0 Å². The minimum absolute atomic E-state index is 1.17. The first-order chi connectivity index (χ1) is 17.7. The van der Waals surface area contributed by atoms with Gasteiger partial charge in [-0.25, -0.2) is 0 Å². The summed E-state index contributed by atoms with van der Waals surface area (Å²) in [5.74, 6) is 0. The highest BCUT2D eigenvalue weighted by Crippen LogP contribution is 2.27. The summed E-state index contributed by atoms with van der Waals surface area (Å²) < 4.78 is 13.7. The summed E-state index contributed by atoms with van der Waals surface area (Å²) >= 11 is 0. The zero-order valence-corrected chi connectivity index (χ0v) is 31.5. The SMILES string of the molecule is C=CCCCCCC[Si](C)(C)O[Si](C)(C)CCCCCCCC[Si](C)(C)O[Si](C)(C)CCCCCCC=C. The molecule has 0 aromatic carbocycles. The van der Waals surface area contributed by atoms with Crippen LogP contribution in [0.1, 0.15) is 103 Å². The Kier molecular flexibility index (Phi) is 21.2. The van der Waals surface area contributed by atoms with E-state index in [4.69, 9.17) is 8.23 Å². The molecule has 0 fully saturated rings. The average molecular weight is 599 g/mol. The van der Waals surface area contributed by atoms with Gasteiger partial charge in [-0.05, 0) is 102 Å². The molecule has 0 rings (SSSR count). The summed E-state index contributed by atoms with van der Waals surface area (Å²) in [6.07, 6.45) is 25.4. The normalized spacial score (nSPS) is 13.2.